The maximum absolute atomic E-state index is 14.2. The second-order valence-electron chi connectivity index (χ2n) is 29.8. The van der Waals surface area contributed by atoms with Crippen molar-refractivity contribution in [2.75, 3.05) is 26.2 Å². The van der Waals surface area contributed by atoms with E-state index in [1.165, 1.54) is 32.7 Å². The van der Waals surface area contributed by atoms with Crippen LogP contribution in [0.5, 0.6) is 0 Å². The Morgan fingerprint density at radius 2 is 0.898 bits per heavy atom. The number of aldehydes is 1. The molecule has 41 heteroatoms. The molecular formula is C86H95ClF9I2N15O11S3. The Morgan fingerprint density at radius 3 is 1.24 bits per heavy atom. The number of halogens is 12. The number of hydrogen-bond acceptors (Lipinski definition) is 18. The third kappa shape index (κ3) is 25.6. The Bertz CT molecular complexity index is 6280. The molecule has 0 aliphatic carbocycles. The number of hydrogen-bond donors (Lipinski definition) is 4. The van der Waals surface area contributed by atoms with E-state index in [2.05, 4.69) is 91.1 Å². The van der Waals surface area contributed by atoms with Gasteiger partial charge in [0.25, 0.3) is 30.1 Å². The maximum atomic E-state index is 14.2. The zero-order valence-electron chi connectivity index (χ0n) is 71.9. The van der Waals surface area contributed by atoms with Crippen molar-refractivity contribution in [3.63, 3.8) is 0 Å². The fourth-order valence-electron chi connectivity index (χ4n) is 13.3. The van der Waals surface area contributed by atoms with Gasteiger partial charge in [0.2, 0.25) is 11.8 Å². The van der Waals surface area contributed by atoms with Gasteiger partial charge in [-0.1, -0.05) is 53.1 Å². The number of carbonyl (C=O) groups is 4. The minimum Gasteiger partial charge on any atom is -0.466 e. The SMILES string of the molecule is CCOC(=O)CC(CN)c1cc(F)cc(F)c1F.Cc1cc(C)[nH]n1.Cc1ccc(S(=O)(=O)n2nc(C)c(C=O)c2C)cc1.Cc1ccc(S(=O)(=O)n2nc(C)c(CN3CC(c4cc(F)cc(F)c4F)CC3=O)c2C)cc1.Cc1ccc(S(=O)(=O)n2nc(C)c(I)c2C)cc1.Cc1n[nH]c(C)c1CN1CC(c2cc(F)cc(F)c2F)CC1=O.Cc1n[nH]c(C)c1I.Cl. The Hall–Kier alpha value is -10.4. The summed E-state index contributed by atoms with van der Waals surface area (Å²) < 4.78 is 207. The third-order valence-corrected chi connectivity index (χ3v) is 28.5. The van der Waals surface area contributed by atoms with Crippen molar-refractivity contribution in [2.45, 2.75) is 176 Å². The Balaban J connectivity index is 0.000000212. The fraction of sp³-hybridized carbons (Fsp3) is 0.326. The number of carbonyl (C=O) groups excluding carboxylic acids is 4. The van der Waals surface area contributed by atoms with Crippen LogP contribution in [0, 0.1) is 163 Å². The highest BCUT2D eigenvalue weighted by Gasteiger charge is 2.37. The van der Waals surface area contributed by atoms with E-state index in [1.807, 2.05) is 68.4 Å². The molecule has 3 unspecified atom stereocenters. The van der Waals surface area contributed by atoms with Crippen LogP contribution < -0.4 is 5.73 Å². The summed E-state index contributed by atoms with van der Waals surface area (Å²) in [6.45, 7) is 29.6. The van der Waals surface area contributed by atoms with Gasteiger partial charge in [0.15, 0.2) is 41.2 Å². The standard InChI is InChI=1S/C23H22F3N3O3S.C16H16F3N3O.C13H14N2O3S.C12H14F3NO2.C12H13IN2O2S.C5H7IN2.C5H8N2.ClH/c1-13-4-6-18(7-5-13)33(31,32)29-15(3)20(14(2)27-29)12-28-11-16(8-22(28)30)19-9-17(24)10-21(25)23(19)26;1-8-13(9(2)21-20-8)7-22-6-10(3-15(22)23)12-4-11(17)5-14(18)16(12)19;1-9-4-6-12(7-5-9)19(17,18)15-11(3)13(8-16)10(2)14-15;1-2-18-11(17)3-7(6-16)9-4-8(13)5-10(14)12(9)15;1-8-4-6-11(7-5-8)18(16,17)15-10(3)12(13)9(2)14-15;1-3-5(6)4(2)8-7-3;1-4-3-5(2)7-6-4;/h4-7,9-10,16H,8,11-12H2,1-3H3;4-5,10H,3,6-7H2,1-2H3,(H,20,21);4-8H,1-3H3;4-5,7H,2-3,6,16H2,1H3;4-7H,1-3H3;1-2H3,(H,7,8);3H,1-2H3,(H,6,7);1H. The number of nitrogens with two attached hydrogens (primary N) is 1. The fourth-order valence-corrected chi connectivity index (χ4v) is 18.2. The first kappa shape index (κ1) is 104. The molecule has 2 amide bonds. The van der Waals surface area contributed by atoms with E-state index in [4.69, 9.17) is 10.5 Å². The molecule has 5 N–H and O–H groups in total. The van der Waals surface area contributed by atoms with Crippen molar-refractivity contribution in [1.82, 2.24) is 67.9 Å². The second-order valence-corrected chi connectivity index (χ2v) is 37.3. The minimum atomic E-state index is -3.93. The zero-order valence-corrected chi connectivity index (χ0v) is 79.5. The van der Waals surface area contributed by atoms with E-state index >= 15 is 0 Å². The summed E-state index contributed by atoms with van der Waals surface area (Å²) in [5.41, 5.74) is 18.5. The van der Waals surface area contributed by atoms with Crippen LogP contribution in [0.25, 0.3) is 0 Å². The van der Waals surface area contributed by atoms with Crippen LogP contribution in [0.3, 0.4) is 0 Å². The first-order valence-corrected chi connectivity index (χ1v) is 45.3. The molecule has 6 aromatic heterocycles. The van der Waals surface area contributed by atoms with Crippen molar-refractivity contribution in [1.29, 1.82) is 0 Å². The molecule has 6 aromatic carbocycles. The van der Waals surface area contributed by atoms with Gasteiger partial charge in [-0.3, -0.25) is 34.5 Å². The van der Waals surface area contributed by atoms with Crippen LogP contribution in [-0.4, -0.2) is 144 Å². The highest BCUT2D eigenvalue weighted by atomic mass is 127. The lowest BCUT2D eigenvalue weighted by Gasteiger charge is -2.17. The summed E-state index contributed by atoms with van der Waals surface area (Å²) in [6, 6.07) is 25.8. The smallest absolute Gasteiger partial charge is 0.306 e. The number of amides is 2. The molecule has 682 valence electrons. The van der Waals surface area contributed by atoms with Crippen molar-refractivity contribution in [3.8, 4) is 0 Å². The summed E-state index contributed by atoms with van der Waals surface area (Å²) in [6.07, 6.45) is 0.340. The van der Waals surface area contributed by atoms with E-state index in [0.717, 1.165) is 96.1 Å². The highest BCUT2D eigenvalue weighted by Crippen LogP contribution is 2.36. The number of benzene rings is 6. The maximum Gasteiger partial charge on any atom is 0.306 e. The van der Waals surface area contributed by atoms with Crippen LogP contribution in [0.2, 0.25) is 0 Å². The van der Waals surface area contributed by atoms with E-state index in [1.54, 1.807) is 102 Å². The van der Waals surface area contributed by atoms with E-state index < -0.39 is 106 Å². The number of nitrogens with one attached hydrogen (secondary N) is 3. The van der Waals surface area contributed by atoms with E-state index in [-0.39, 0.29) is 108 Å². The summed E-state index contributed by atoms with van der Waals surface area (Å²) >= 11 is 4.38. The topological polar surface area (TPSA) is 352 Å². The molecule has 0 radical (unpaired) electrons. The lowest BCUT2D eigenvalue weighted by atomic mass is 9.95. The van der Waals surface area contributed by atoms with Crippen LogP contribution >= 0.6 is 57.6 Å². The average Bonchev–Trinajstić information content (AvgIpc) is 1.61. The number of H-pyrrole nitrogens is 3. The largest absolute Gasteiger partial charge is 0.466 e. The van der Waals surface area contributed by atoms with E-state index in [9.17, 15) is 83.9 Å². The van der Waals surface area contributed by atoms with Gasteiger partial charge >= 0.3 is 5.97 Å². The van der Waals surface area contributed by atoms with Crippen LogP contribution in [0.4, 0.5) is 39.5 Å². The van der Waals surface area contributed by atoms with Crippen molar-refractivity contribution in [3.05, 3.63) is 293 Å². The molecule has 0 saturated carbocycles. The second kappa shape index (κ2) is 44.5. The monoisotopic (exact) mass is 2070 g/mol. The molecule has 26 nitrogen and oxygen atoms in total. The van der Waals surface area contributed by atoms with Gasteiger partial charge < -0.3 is 20.3 Å². The number of nitrogens with zero attached hydrogens (tertiary/aromatic N) is 11. The molecule has 0 spiro atoms. The molecule has 127 heavy (non-hydrogen) atoms. The van der Waals surface area contributed by atoms with Crippen LogP contribution in [0.1, 0.15) is 167 Å². The number of aryl methyl sites for hydroxylation is 12. The van der Waals surface area contributed by atoms with Gasteiger partial charge in [-0.15, -0.1) is 12.4 Å². The summed E-state index contributed by atoms with van der Waals surface area (Å²) in [4.78, 5) is 50.5. The molecule has 2 aliphatic rings. The van der Waals surface area contributed by atoms with Gasteiger partial charge in [-0.05, 0) is 240 Å². The highest BCUT2D eigenvalue weighted by molar-refractivity contribution is 14.1. The Morgan fingerprint density at radius 1 is 0.496 bits per heavy atom. The normalized spacial score (nSPS) is 13.9. The molecule has 12 aromatic rings. The molecule has 0 bridgehead atoms. The summed E-state index contributed by atoms with van der Waals surface area (Å²) in [5.74, 6) is -13.1. The molecular weight excluding hydrogens is 1980 g/mol. The lowest BCUT2D eigenvalue weighted by molar-refractivity contribution is -0.143. The van der Waals surface area contributed by atoms with Gasteiger partial charge in [0.05, 0.1) is 91.7 Å². The molecule has 2 saturated heterocycles. The number of rotatable bonds is 18. The average molecular weight is 2070 g/mol. The molecule has 14 rings (SSSR count). The molecule has 2 fully saturated rings. The molecule has 2 aliphatic heterocycles. The van der Waals surface area contributed by atoms with Gasteiger partial charge in [-0.2, -0.15) is 68.1 Å². The molecule has 3 atom stereocenters. The van der Waals surface area contributed by atoms with Crippen LogP contribution in [0.15, 0.2) is 130 Å². The number of aromatic amines is 3. The predicted octanol–water partition coefficient (Wildman–Crippen LogP) is 16.6. The first-order chi connectivity index (χ1) is 59.1. The quantitative estimate of drug-likeness (QED) is 0.0204. The van der Waals surface area contributed by atoms with Crippen molar-refractivity contribution >= 4 is 112 Å². The van der Waals surface area contributed by atoms with Gasteiger partial charge in [0, 0.05) is 103 Å². The number of likely N-dealkylation sites (tertiary alicyclic amines) is 2. The third-order valence-electron chi connectivity index (χ3n) is 20.3. The number of esters is 1. The summed E-state index contributed by atoms with van der Waals surface area (Å²) in [7, 11) is -11.3. The minimum absolute atomic E-state index is 0. The lowest BCUT2D eigenvalue weighted by Crippen LogP contribution is -2.25. The number of aromatic nitrogens is 12. The van der Waals surface area contributed by atoms with Gasteiger partial charge in [0.1, 0.15) is 17.5 Å². The zero-order chi connectivity index (χ0) is 93.6. The predicted molar refractivity (Wildman–Crippen MR) is 476 cm³/mol. The summed E-state index contributed by atoms with van der Waals surface area (Å²) in [5, 5.41) is 32.7. The molecule has 8 heterocycles. The van der Waals surface area contributed by atoms with E-state index in [0.29, 0.717) is 70.6 Å². The van der Waals surface area contributed by atoms with Gasteiger partial charge in [-0.25, -0.2) is 39.5 Å². The van der Waals surface area contributed by atoms with Crippen molar-refractivity contribution < 1.29 is 88.7 Å². The van der Waals surface area contributed by atoms with Crippen molar-refractivity contribution in [2.24, 2.45) is 5.73 Å². The Kier molecular flexibility index (Phi) is 36.4. The first-order valence-electron chi connectivity index (χ1n) is 38.8. The Labute approximate surface area is 763 Å². The van der Waals surface area contributed by atoms with Crippen LogP contribution in [-0.2, 0) is 62.3 Å². The number of ether oxygens (including phenoxy) is 1.